The second-order valence-corrected chi connectivity index (χ2v) is 3.55. The first-order valence-electron chi connectivity index (χ1n) is 4.75. The molecular weight excluding hydrogens is 222 g/mol. The third-order valence-electron chi connectivity index (χ3n) is 2.45. The van der Waals surface area contributed by atoms with Gasteiger partial charge in [-0.05, 0) is 23.3 Å². The van der Waals surface area contributed by atoms with Crippen molar-refractivity contribution < 1.29 is 17.6 Å². The summed E-state index contributed by atoms with van der Waals surface area (Å²) in [5.74, 6) is -1.23. The van der Waals surface area contributed by atoms with Gasteiger partial charge < -0.3 is 5.32 Å². The van der Waals surface area contributed by atoms with E-state index < -0.39 is 17.6 Å². The minimum Gasteiger partial charge on any atom is -0.309 e. The predicted octanol–water partition coefficient (Wildman–Crippen LogP) is 2.83. The molecule has 0 saturated heterocycles. The van der Waals surface area contributed by atoms with Gasteiger partial charge in [-0.1, -0.05) is 12.1 Å². The minimum absolute atomic E-state index is 0.415. The van der Waals surface area contributed by atoms with E-state index in [0.29, 0.717) is 18.7 Å². The van der Waals surface area contributed by atoms with E-state index in [4.69, 9.17) is 0 Å². The van der Waals surface area contributed by atoms with Gasteiger partial charge in [0.15, 0.2) is 0 Å². The van der Waals surface area contributed by atoms with Crippen LogP contribution in [0.1, 0.15) is 11.1 Å². The van der Waals surface area contributed by atoms with Crippen molar-refractivity contribution in [3.05, 3.63) is 41.2 Å². The first-order chi connectivity index (χ1) is 7.48. The van der Waals surface area contributed by atoms with Gasteiger partial charge >= 0.3 is 6.18 Å². The Labute approximate surface area is 89.8 Å². The lowest BCUT2D eigenvalue weighted by atomic mass is 10.0. The summed E-state index contributed by atoms with van der Waals surface area (Å²) < 4.78 is 50.3. The molecule has 0 spiro atoms. The molecule has 0 amide bonds. The molecule has 1 heterocycles. The quantitative estimate of drug-likeness (QED) is 0.733. The zero-order valence-electron chi connectivity index (χ0n) is 8.24. The van der Waals surface area contributed by atoms with Crippen molar-refractivity contribution in [3.8, 4) is 0 Å². The van der Waals surface area contributed by atoms with Gasteiger partial charge in [-0.3, -0.25) is 0 Å². The maximum absolute atomic E-state index is 13.0. The van der Waals surface area contributed by atoms with Gasteiger partial charge in [0.1, 0.15) is 5.82 Å². The van der Waals surface area contributed by atoms with Crippen LogP contribution in [-0.2, 0) is 6.18 Å². The second-order valence-electron chi connectivity index (χ2n) is 3.55. The highest BCUT2D eigenvalue weighted by molar-refractivity contribution is 5.69. The molecule has 1 aliphatic heterocycles. The molecule has 86 valence electrons. The molecule has 0 fully saturated rings. The lowest BCUT2D eigenvalue weighted by Crippen LogP contribution is -2.10. The fraction of sp³-hybridized carbons (Fsp3) is 0.273. The van der Waals surface area contributed by atoms with Gasteiger partial charge in [0.05, 0.1) is 5.56 Å². The lowest BCUT2D eigenvalue weighted by molar-refractivity contribution is -0.140. The van der Waals surface area contributed by atoms with Crippen molar-refractivity contribution in [1.29, 1.82) is 0 Å². The van der Waals surface area contributed by atoms with Gasteiger partial charge in [-0.25, -0.2) is 4.39 Å². The minimum atomic E-state index is -4.65. The van der Waals surface area contributed by atoms with Crippen molar-refractivity contribution in [1.82, 2.24) is 5.32 Å². The van der Waals surface area contributed by atoms with E-state index in [9.17, 15) is 17.6 Å². The van der Waals surface area contributed by atoms with Crippen LogP contribution in [0.2, 0.25) is 0 Å². The zero-order valence-corrected chi connectivity index (χ0v) is 8.24. The van der Waals surface area contributed by atoms with Crippen molar-refractivity contribution >= 4 is 5.57 Å². The molecule has 5 heteroatoms. The highest BCUT2D eigenvalue weighted by Crippen LogP contribution is 2.33. The lowest BCUT2D eigenvalue weighted by Gasteiger charge is -2.10. The third-order valence-corrected chi connectivity index (χ3v) is 2.45. The molecule has 0 saturated carbocycles. The molecule has 0 bridgehead atoms. The molecule has 0 aromatic heterocycles. The average molecular weight is 231 g/mol. The van der Waals surface area contributed by atoms with Crippen LogP contribution in [0.3, 0.4) is 0 Å². The Bertz CT molecular complexity index is 434. The van der Waals surface area contributed by atoms with E-state index in [1.54, 1.807) is 6.08 Å². The zero-order chi connectivity index (χ0) is 11.8. The SMILES string of the molecule is Fc1ccc(C2=CCNC2)cc1C(F)(F)F. The monoisotopic (exact) mass is 231 g/mol. The fourth-order valence-corrected chi connectivity index (χ4v) is 1.64. The van der Waals surface area contributed by atoms with E-state index in [0.717, 1.165) is 17.7 Å². The molecule has 1 aromatic carbocycles. The number of nitrogens with one attached hydrogen (secondary N) is 1. The normalized spacial score (nSPS) is 16.4. The van der Waals surface area contributed by atoms with Crippen LogP contribution < -0.4 is 5.32 Å². The molecule has 16 heavy (non-hydrogen) atoms. The summed E-state index contributed by atoms with van der Waals surface area (Å²) in [4.78, 5) is 0. The molecule has 1 aromatic rings. The Morgan fingerprint density at radius 1 is 1.19 bits per heavy atom. The van der Waals surface area contributed by atoms with Crippen LogP contribution in [0.4, 0.5) is 17.6 Å². The van der Waals surface area contributed by atoms with Crippen molar-refractivity contribution in [2.24, 2.45) is 0 Å². The Kier molecular flexibility index (Phi) is 2.71. The topological polar surface area (TPSA) is 12.0 Å². The summed E-state index contributed by atoms with van der Waals surface area (Å²) in [6.07, 6.45) is -2.85. The standard InChI is InChI=1S/C11H9F4N/c12-10-2-1-7(8-3-4-16-6-8)5-9(10)11(13,14)15/h1-3,5,16H,4,6H2. The molecule has 1 nitrogen and oxygen atoms in total. The highest BCUT2D eigenvalue weighted by Gasteiger charge is 2.34. The number of rotatable bonds is 1. The summed E-state index contributed by atoms with van der Waals surface area (Å²) >= 11 is 0. The Morgan fingerprint density at radius 3 is 2.50 bits per heavy atom. The van der Waals surface area contributed by atoms with Crippen LogP contribution in [0, 0.1) is 5.82 Å². The molecule has 0 atom stereocenters. The van der Waals surface area contributed by atoms with Crippen molar-refractivity contribution in [2.75, 3.05) is 13.1 Å². The van der Waals surface area contributed by atoms with Gasteiger partial charge in [0, 0.05) is 13.1 Å². The molecular formula is C11H9F4N. The number of hydrogen-bond donors (Lipinski definition) is 1. The van der Waals surface area contributed by atoms with E-state index in [1.165, 1.54) is 6.07 Å². The predicted molar refractivity (Wildman–Crippen MR) is 52.2 cm³/mol. The van der Waals surface area contributed by atoms with Crippen LogP contribution >= 0.6 is 0 Å². The molecule has 0 radical (unpaired) electrons. The molecule has 0 unspecified atom stereocenters. The third kappa shape index (κ3) is 2.09. The molecule has 2 rings (SSSR count). The molecule has 1 N–H and O–H groups in total. The van der Waals surface area contributed by atoms with Crippen molar-refractivity contribution in [3.63, 3.8) is 0 Å². The average Bonchev–Trinajstić information content (AvgIpc) is 2.69. The Morgan fingerprint density at radius 2 is 1.94 bits per heavy atom. The van der Waals surface area contributed by atoms with E-state index in [2.05, 4.69) is 5.32 Å². The maximum atomic E-state index is 13.0. The smallest absolute Gasteiger partial charge is 0.309 e. The number of hydrogen-bond acceptors (Lipinski definition) is 1. The second kappa shape index (κ2) is 3.90. The largest absolute Gasteiger partial charge is 0.419 e. The highest BCUT2D eigenvalue weighted by atomic mass is 19.4. The van der Waals surface area contributed by atoms with Gasteiger partial charge in [-0.2, -0.15) is 13.2 Å². The first kappa shape index (κ1) is 11.1. The molecule has 1 aliphatic rings. The van der Waals surface area contributed by atoms with Crippen LogP contribution in [0.15, 0.2) is 24.3 Å². The summed E-state index contributed by atoms with van der Waals surface area (Å²) in [6.45, 7) is 1.15. The molecule has 0 aliphatic carbocycles. The van der Waals surface area contributed by atoms with Gasteiger partial charge in [0.2, 0.25) is 0 Å². The first-order valence-corrected chi connectivity index (χ1v) is 4.75. The maximum Gasteiger partial charge on any atom is 0.419 e. The van der Waals surface area contributed by atoms with E-state index in [-0.39, 0.29) is 0 Å². The number of benzene rings is 1. The summed E-state index contributed by atoms with van der Waals surface area (Å²) in [7, 11) is 0. The number of alkyl halides is 3. The van der Waals surface area contributed by atoms with Gasteiger partial charge in [-0.15, -0.1) is 0 Å². The Balaban J connectivity index is 2.43. The van der Waals surface area contributed by atoms with Crippen molar-refractivity contribution in [2.45, 2.75) is 6.18 Å². The van der Waals surface area contributed by atoms with E-state index in [1.807, 2.05) is 0 Å². The van der Waals surface area contributed by atoms with Crippen LogP contribution in [-0.4, -0.2) is 13.1 Å². The summed E-state index contributed by atoms with van der Waals surface area (Å²) in [5, 5.41) is 2.98. The Hall–Kier alpha value is -1.36. The van der Waals surface area contributed by atoms with Crippen LogP contribution in [0.5, 0.6) is 0 Å². The summed E-state index contributed by atoms with van der Waals surface area (Å²) in [5.41, 5.74) is -0.0259. The van der Waals surface area contributed by atoms with Crippen LogP contribution in [0.25, 0.3) is 5.57 Å². The number of halogens is 4. The van der Waals surface area contributed by atoms with E-state index >= 15 is 0 Å². The van der Waals surface area contributed by atoms with Gasteiger partial charge in [0.25, 0.3) is 0 Å². The fourth-order valence-electron chi connectivity index (χ4n) is 1.64. The summed E-state index contributed by atoms with van der Waals surface area (Å²) in [6, 6.07) is 3.08.